The second-order valence-electron chi connectivity index (χ2n) is 4.86. The number of benzene rings is 1. The van der Waals surface area contributed by atoms with Crippen molar-refractivity contribution < 1.29 is 9.53 Å². The van der Waals surface area contributed by atoms with E-state index >= 15 is 0 Å². The van der Waals surface area contributed by atoms with Gasteiger partial charge in [-0.3, -0.25) is 4.79 Å². The highest BCUT2D eigenvalue weighted by Crippen LogP contribution is 2.49. The number of carbonyl (C=O) groups is 1. The van der Waals surface area contributed by atoms with Gasteiger partial charge in [-0.15, -0.1) is 0 Å². The van der Waals surface area contributed by atoms with Gasteiger partial charge in [0.25, 0.3) is 0 Å². The maximum absolute atomic E-state index is 11.9. The molecule has 1 aromatic carbocycles. The molecule has 17 heavy (non-hydrogen) atoms. The number of rotatable bonds is 3. The lowest BCUT2D eigenvalue weighted by molar-refractivity contribution is -0.153. The van der Waals surface area contributed by atoms with Crippen molar-refractivity contribution in [3.05, 3.63) is 34.9 Å². The lowest BCUT2D eigenvalue weighted by Gasteiger charge is -2.31. The zero-order valence-electron chi connectivity index (χ0n) is 10.2. The number of hydrogen-bond acceptors (Lipinski definition) is 3. The van der Waals surface area contributed by atoms with Crippen LogP contribution in [0.4, 0.5) is 0 Å². The molecular weight excluding hydrogens is 238 g/mol. The molecule has 4 heteroatoms. The highest BCUT2D eigenvalue weighted by atomic mass is 35.5. The van der Waals surface area contributed by atoms with Crippen molar-refractivity contribution in [2.75, 3.05) is 13.7 Å². The summed E-state index contributed by atoms with van der Waals surface area (Å²) in [5.74, 6) is -0.234. The van der Waals surface area contributed by atoms with Crippen molar-refractivity contribution >= 4 is 17.6 Å². The molecule has 0 aliphatic carbocycles. The average molecular weight is 254 g/mol. The van der Waals surface area contributed by atoms with Gasteiger partial charge in [-0.2, -0.15) is 0 Å². The largest absolute Gasteiger partial charge is 0.469 e. The Bertz CT molecular complexity index is 452. The summed E-state index contributed by atoms with van der Waals surface area (Å²) in [5.41, 5.74) is -0.0948. The van der Waals surface area contributed by atoms with Crippen molar-refractivity contribution in [3.8, 4) is 0 Å². The molecule has 0 radical (unpaired) electrons. The number of nitrogens with one attached hydrogen (secondary N) is 1. The predicted octanol–water partition coefficient (Wildman–Crippen LogP) is 2.34. The van der Waals surface area contributed by atoms with Gasteiger partial charge in [0, 0.05) is 11.6 Å². The molecule has 0 saturated carbocycles. The number of carbonyl (C=O) groups excluding carboxylic acids is 1. The van der Waals surface area contributed by atoms with Gasteiger partial charge >= 0.3 is 5.97 Å². The fraction of sp³-hybridized carbons (Fsp3) is 0.462. The molecule has 1 heterocycles. The van der Waals surface area contributed by atoms with Crippen LogP contribution in [0.15, 0.2) is 24.3 Å². The Morgan fingerprint density at radius 1 is 1.47 bits per heavy atom. The quantitative estimate of drug-likeness (QED) is 0.664. The van der Waals surface area contributed by atoms with Crippen LogP contribution in [0.1, 0.15) is 19.4 Å². The van der Waals surface area contributed by atoms with Crippen LogP contribution in [0.2, 0.25) is 5.02 Å². The third kappa shape index (κ3) is 1.74. The summed E-state index contributed by atoms with van der Waals surface area (Å²) in [6, 6.07) is 7.60. The molecule has 1 saturated heterocycles. The Balaban J connectivity index is 2.45. The van der Waals surface area contributed by atoms with Crippen LogP contribution in [0.3, 0.4) is 0 Å². The van der Waals surface area contributed by atoms with Gasteiger partial charge in [0.05, 0.1) is 18.1 Å². The molecule has 1 unspecified atom stereocenters. The first-order valence-corrected chi connectivity index (χ1v) is 5.92. The van der Waals surface area contributed by atoms with E-state index in [1.54, 1.807) is 0 Å². The van der Waals surface area contributed by atoms with Crippen LogP contribution in [0, 0.1) is 5.41 Å². The summed E-state index contributed by atoms with van der Waals surface area (Å²) >= 11 is 6.21. The molecule has 92 valence electrons. The molecule has 0 aromatic heterocycles. The summed E-state index contributed by atoms with van der Waals surface area (Å²) < 4.78 is 4.88. The third-order valence-corrected chi connectivity index (χ3v) is 3.96. The van der Waals surface area contributed by atoms with Crippen LogP contribution in [-0.4, -0.2) is 19.6 Å². The van der Waals surface area contributed by atoms with Gasteiger partial charge in [-0.1, -0.05) is 29.8 Å². The van der Waals surface area contributed by atoms with E-state index in [0.717, 1.165) is 12.1 Å². The summed E-state index contributed by atoms with van der Waals surface area (Å²) in [6.07, 6.45) is 0. The highest BCUT2D eigenvalue weighted by Gasteiger charge is 2.60. The molecule has 1 N–H and O–H groups in total. The summed E-state index contributed by atoms with van der Waals surface area (Å²) in [7, 11) is 1.41. The molecule has 0 bridgehead atoms. The Labute approximate surface area is 106 Å². The van der Waals surface area contributed by atoms with Crippen molar-refractivity contribution in [2.24, 2.45) is 5.41 Å². The lowest BCUT2D eigenvalue weighted by atomic mass is 9.74. The van der Waals surface area contributed by atoms with Crippen LogP contribution in [0.5, 0.6) is 0 Å². The fourth-order valence-corrected chi connectivity index (χ4v) is 2.59. The first-order chi connectivity index (χ1) is 7.95. The molecule has 3 nitrogen and oxygen atoms in total. The number of halogens is 1. The molecular formula is C13H16ClNO2. The van der Waals surface area contributed by atoms with E-state index < -0.39 is 11.0 Å². The zero-order chi connectivity index (χ0) is 12.7. The van der Waals surface area contributed by atoms with Crippen molar-refractivity contribution in [2.45, 2.75) is 19.4 Å². The van der Waals surface area contributed by atoms with E-state index in [9.17, 15) is 4.79 Å². The minimum Gasteiger partial charge on any atom is -0.469 e. The summed E-state index contributed by atoms with van der Waals surface area (Å²) in [6.45, 7) is 4.49. The minimum atomic E-state index is -0.646. The summed E-state index contributed by atoms with van der Waals surface area (Å²) in [5, 5.41) is 3.95. The van der Waals surface area contributed by atoms with E-state index in [0.29, 0.717) is 5.02 Å². The lowest BCUT2D eigenvalue weighted by Crippen LogP contribution is -2.41. The third-order valence-electron chi connectivity index (χ3n) is 3.63. The Morgan fingerprint density at radius 2 is 2.06 bits per heavy atom. The fourth-order valence-electron chi connectivity index (χ4n) is 2.29. The molecule has 0 amide bonds. The number of ether oxygens (including phenoxy) is 1. The SMILES string of the molecule is COC(=O)C(C)(C)C1(c2ccccc2Cl)CN1. The Kier molecular flexibility index (Phi) is 2.92. The average Bonchev–Trinajstić information content (AvgIpc) is 3.10. The van der Waals surface area contributed by atoms with Gasteiger partial charge in [0.2, 0.25) is 0 Å². The van der Waals surface area contributed by atoms with Gasteiger partial charge in [0.1, 0.15) is 0 Å². The van der Waals surface area contributed by atoms with E-state index in [1.807, 2.05) is 38.1 Å². The number of hydrogen-bond donors (Lipinski definition) is 1. The molecule has 2 rings (SSSR count). The second-order valence-corrected chi connectivity index (χ2v) is 5.26. The maximum Gasteiger partial charge on any atom is 0.313 e. The zero-order valence-corrected chi connectivity index (χ0v) is 11.0. The van der Waals surface area contributed by atoms with Crippen molar-refractivity contribution in [1.82, 2.24) is 5.32 Å². The van der Waals surface area contributed by atoms with E-state index in [1.165, 1.54) is 7.11 Å². The van der Waals surface area contributed by atoms with E-state index in [-0.39, 0.29) is 5.97 Å². The Morgan fingerprint density at radius 3 is 2.53 bits per heavy atom. The van der Waals surface area contributed by atoms with Crippen LogP contribution in [-0.2, 0) is 15.1 Å². The summed E-state index contributed by atoms with van der Waals surface area (Å²) in [4.78, 5) is 11.9. The number of esters is 1. The van der Waals surface area contributed by atoms with Crippen LogP contribution >= 0.6 is 11.6 Å². The smallest absolute Gasteiger partial charge is 0.313 e. The molecule has 1 atom stereocenters. The predicted molar refractivity (Wildman–Crippen MR) is 66.9 cm³/mol. The van der Waals surface area contributed by atoms with Gasteiger partial charge < -0.3 is 10.1 Å². The van der Waals surface area contributed by atoms with E-state index in [2.05, 4.69) is 5.32 Å². The molecule has 1 aromatic rings. The monoisotopic (exact) mass is 253 g/mol. The Hall–Kier alpha value is -1.06. The van der Waals surface area contributed by atoms with Crippen molar-refractivity contribution in [3.63, 3.8) is 0 Å². The first-order valence-electron chi connectivity index (χ1n) is 5.54. The number of methoxy groups -OCH3 is 1. The van der Waals surface area contributed by atoms with Crippen LogP contribution in [0.25, 0.3) is 0 Å². The molecule has 1 fully saturated rings. The topological polar surface area (TPSA) is 48.2 Å². The minimum absolute atomic E-state index is 0.234. The standard InChI is InChI=1S/C13H16ClNO2/c1-12(2,11(16)17-3)13(8-15-13)9-6-4-5-7-10(9)14/h4-7,15H,8H2,1-3H3. The van der Waals surface area contributed by atoms with Gasteiger partial charge in [-0.25, -0.2) is 0 Å². The van der Waals surface area contributed by atoms with E-state index in [4.69, 9.17) is 16.3 Å². The second kappa shape index (κ2) is 4.00. The van der Waals surface area contributed by atoms with Crippen molar-refractivity contribution in [1.29, 1.82) is 0 Å². The molecule has 1 aliphatic heterocycles. The van der Waals surface area contributed by atoms with Gasteiger partial charge in [-0.05, 0) is 25.5 Å². The molecule has 1 aliphatic rings. The van der Waals surface area contributed by atoms with Crippen LogP contribution < -0.4 is 5.32 Å². The normalized spacial score (nSPS) is 23.3. The highest BCUT2D eigenvalue weighted by molar-refractivity contribution is 6.31. The van der Waals surface area contributed by atoms with Gasteiger partial charge in [0.15, 0.2) is 0 Å². The maximum atomic E-state index is 11.9. The molecule has 0 spiro atoms. The first kappa shape index (κ1) is 12.4.